The Labute approximate surface area is 109 Å². The Morgan fingerprint density at radius 3 is 2.72 bits per heavy atom. The highest BCUT2D eigenvalue weighted by Crippen LogP contribution is 2.40. The number of aromatic nitrogens is 2. The topological polar surface area (TPSA) is 47.1 Å². The van der Waals surface area contributed by atoms with Gasteiger partial charge in [-0.05, 0) is 31.6 Å². The van der Waals surface area contributed by atoms with Gasteiger partial charge in [-0.3, -0.25) is 4.90 Å². The molecule has 2 fully saturated rings. The number of nitrogens with zero attached hydrogens (tertiary/aromatic N) is 3. The van der Waals surface area contributed by atoms with Crippen LogP contribution in [-0.4, -0.2) is 34.1 Å². The Morgan fingerprint density at radius 2 is 2.11 bits per heavy atom. The van der Waals surface area contributed by atoms with Gasteiger partial charge < -0.3 is 10.3 Å². The molecule has 4 heteroatoms. The van der Waals surface area contributed by atoms with Crippen LogP contribution in [0.1, 0.15) is 37.9 Å². The van der Waals surface area contributed by atoms with E-state index in [0.717, 1.165) is 18.4 Å². The molecule has 1 saturated heterocycles. The van der Waals surface area contributed by atoms with Crippen LogP contribution >= 0.6 is 0 Å². The maximum atomic E-state index is 6.03. The van der Waals surface area contributed by atoms with Crippen LogP contribution in [0.15, 0.2) is 12.5 Å². The highest BCUT2D eigenvalue weighted by atomic mass is 15.2. The van der Waals surface area contributed by atoms with E-state index < -0.39 is 0 Å². The first kappa shape index (κ1) is 12.2. The van der Waals surface area contributed by atoms with Gasteiger partial charge in [-0.2, -0.15) is 0 Å². The summed E-state index contributed by atoms with van der Waals surface area (Å²) in [5.74, 6) is 1.86. The van der Waals surface area contributed by atoms with Crippen LogP contribution in [0.5, 0.6) is 0 Å². The summed E-state index contributed by atoms with van der Waals surface area (Å²) in [5.41, 5.74) is 7.33. The molecule has 1 aromatic rings. The van der Waals surface area contributed by atoms with Gasteiger partial charge >= 0.3 is 0 Å². The molecule has 0 bridgehead atoms. The van der Waals surface area contributed by atoms with E-state index in [1.54, 1.807) is 0 Å². The third kappa shape index (κ3) is 1.97. The standard InChI is InChI=1S/C14H24N4/c1-2-17-10-16-7-14(17)13(6-15)18-8-11-4-3-5-12(11)9-18/h7,10-13H,2-6,8-9,15H2,1H3. The van der Waals surface area contributed by atoms with Gasteiger partial charge in [0.05, 0.1) is 18.1 Å². The van der Waals surface area contributed by atoms with Crippen molar-refractivity contribution in [3.63, 3.8) is 0 Å². The van der Waals surface area contributed by atoms with Gasteiger partial charge in [-0.15, -0.1) is 0 Å². The maximum Gasteiger partial charge on any atom is 0.0948 e. The predicted octanol–water partition coefficient (Wildman–Crippen LogP) is 1.63. The molecular formula is C14H24N4. The molecule has 100 valence electrons. The van der Waals surface area contributed by atoms with Crippen molar-refractivity contribution in [1.29, 1.82) is 0 Å². The van der Waals surface area contributed by atoms with E-state index in [4.69, 9.17) is 5.73 Å². The number of likely N-dealkylation sites (tertiary alicyclic amines) is 1. The molecule has 4 nitrogen and oxygen atoms in total. The summed E-state index contributed by atoms with van der Waals surface area (Å²) in [6, 6.07) is 0.359. The van der Waals surface area contributed by atoms with Crippen molar-refractivity contribution in [1.82, 2.24) is 14.5 Å². The van der Waals surface area contributed by atoms with Crippen molar-refractivity contribution in [2.75, 3.05) is 19.6 Å². The number of nitrogens with two attached hydrogens (primary N) is 1. The molecule has 3 rings (SSSR count). The van der Waals surface area contributed by atoms with Crippen molar-refractivity contribution in [3.05, 3.63) is 18.2 Å². The van der Waals surface area contributed by atoms with Crippen molar-refractivity contribution in [2.24, 2.45) is 17.6 Å². The van der Waals surface area contributed by atoms with E-state index in [9.17, 15) is 0 Å². The summed E-state index contributed by atoms with van der Waals surface area (Å²) in [6.45, 7) is 6.32. The zero-order valence-corrected chi connectivity index (χ0v) is 11.3. The average Bonchev–Trinajstić information content (AvgIpc) is 3.03. The lowest BCUT2D eigenvalue weighted by Crippen LogP contribution is -2.34. The van der Waals surface area contributed by atoms with E-state index >= 15 is 0 Å². The van der Waals surface area contributed by atoms with Gasteiger partial charge in [0.25, 0.3) is 0 Å². The summed E-state index contributed by atoms with van der Waals surface area (Å²) in [7, 11) is 0. The van der Waals surface area contributed by atoms with Crippen molar-refractivity contribution >= 4 is 0 Å². The predicted molar refractivity (Wildman–Crippen MR) is 72.1 cm³/mol. The van der Waals surface area contributed by atoms with Crippen LogP contribution in [0.25, 0.3) is 0 Å². The first-order chi connectivity index (χ1) is 8.83. The molecular weight excluding hydrogens is 224 g/mol. The smallest absolute Gasteiger partial charge is 0.0948 e. The Kier molecular flexibility index (Phi) is 3.39. The van der Waals surface area contributed by atoms with Gasteiger partial charge in [-0.1, -0.05) is 6.42 Å². The monoisotopic (exact) mass is 248 g/mol. The van der Waals surface area contributed by atoms with Gasteiger partial charge in [0.1, 0.15) is 0 Å². The van der Waals surface area contributed by atoms with Crippen LogP contribution in [0.2, 0.25) is 0 Å². The van der Waals surface area contributed by atoms with Crippen LogP contribution < -0.4 is 5.73 Å². The Morgan fingerprint density at radius 1 is 1.39 bits per heavy atom. The molecule has 18 heavy (non-hydrogen) atoms. The number of rotatable bonds is 4. The highest BCUT2D eigenvalue weighted by Gasteiger charge is 2.39. The van der Waals surface area contributed by atoms with Gasteiger partial charge in [0.2, 0.25) is 0 Å². The largest absolute Gasteiger partial charge is 0.333 e. The summed E-state index contributed by atoms with van der Waals surface area (Å²) in [5, 5.41) is 0. The maximum absolute atomic E-state index is 6.03. The minimum Gasteiger partial charge on any atom is -0.333 e. The Hall–Kier alpha value is -0.870. The molecule has 2 N–H and O–H groups in total. The number of hydrogen-bond donors (Lipinski definition) is 1. The molecule has 1 aliphatic carbocycles. The molecule has 2 aliphatic rings. The third-order valence-corrected chi connectivity index (χ3v) is 4.85. The minimum atomic E-state index is 0.359. The highest BCUT2D eigenvalue weighted by molar-refractivity contribution is 5.08. The van der Waals surface area contributed by atoms with E-state index in [-0.39, 0.29) is 0 Å². The third-order valence-electron chi connectivity index (χ3n) is 4.85. The molecule has 1 saturated carbocycles. The first-order valence-corrected chi connectivity index (χ1v) is 7.27. The van der Waals surface area contributed by atoms with Gasteiger partial charge in [0, 0.05) is 32.4 Å². The fourth-order valence-electron chi connectivity index (χ4n) is 3.86. The van der Waals surface area contributed by atoms with Gasteiger partial charge in [-0.25, -0.2) is 4.98 Å². The number of hydrogen-bond acceptors (Lipinski definition) is 3. The molecule has 1 aromatic heterocycles. The van der Waals surface area contributed by atoms with Crippen LogP contribution in [0.3, 0.4) is 0 Å². The van der Waals surface area contributed by atoms with Crippen LogP contribution in [-0.2, 0) is 6.54 Å². The fourth-order valence-corrected chi connectivity index (χ4v) is 3.86. The van der Waals surface area contributed by atoms with E-state index in [1.165, 1.54) is 38.0 Å². The zero-order chi connectivity index (χ0) is 12.5. The SMILES string of the molecule is CCn1cncc1C(CN)N1CC2CCCC2C1. The molecule has 3 unspecified atom stereocenters. The number of aryl methyl sites for hydroxylation is 1. The lowest BCUT2D eigenvalue weighted by molar-refractivity contribution is 0.223. The second-order valence-corrected chi connectivity index (χ2v) is 5.76. The normalized spacial score (nSPS) is 29.7. The van der Waals surface area contributed by atoms with E-state index in [0.29, 0.717) is 12.6 Å². The molecule has 0 amide bonds. The molecule has 3 atom stereocenters. The Bertz CT molecular complexity index is 388. The quantitative estimate of drug-likeness (QED) is 0.881. The summed E-state index contributed by atoms with van der Waals surface area (Å²) in [4.78, 5) is 6.88. The summed E-state index contributed by atoms with van der Waals surface area (Å²) in [6.07, 6.45) is 8.20. The number of fused-ring (bicyclic) bond motifs is 1. The summed E-state index contributed by atoms with van der Waals surface area (Å²) >= 11 is 0. The second kappa shape index (κ2) is 5.02. The van der Waals surface area contributed by atoms with Crippen molar-refractivity contribution in [2.45, 2.75) is 38.8 Å². The molecule has 0 aromatic carbocycles. The molecule has 1 aliphatic heterocycles. The fraction of sp³-hybridized carbons (Fsp3) is 0.786. The zero-order valence-electron chi connectivity index (χ0n) is 11.3. The van der Waals surface area contributed by atoms with Crippen LogP contribution in [0.4, 0.5) is 0 Å². The van der Waals surface area contributed by atoms with Gasteiger partial charge in [0.15, 0.2) is 0 Å². The lowest BCUT2D eigenvalue weighted by Gasteiger charge is -2.28. The second-order valence-electron chi connectivity index (χ2n) is 5.76. The molecule has 0 spiro atoms. The molecule has 0 radical (unpaired) electrons. The van der Waals surface area contributed by atoms with Crippen LogP contribution in [0, 0.1) is 11.8 Å². The van der Waals surface area contributed by atoms with Crippen molar-refractivity contribution < 1.29 is 0 Å². The lowest BCUT2D eigenvalue weighted by atomic mass is 10.0. The van der Waals surface area contributed by atoms with E-state index in [1.807, 2.05) is 12.5 Å². The first-order valence-electron chi connectivity index (χ1n) is 7.27. The Balaban J connectivity index is 1.77. The number of imidazole rings is 1. The summed E-state index contributed by atoms with van der Waals surface area (Å²) < 4.78 is 2.23. The minimum absolute atomic E-state index is 0.359. The molecule has 2 heterocycles. The van der Waals surface area contributed by atoms with Crippen molar-refractivity contribution in [3.8, 4) is 0 Å². The average molecular weight is 248 g/mol. The van der Waals surface area contributed by atoms with E-state index in [2.05, 4.69) is 21.4 Å².